The van der Waals surface area contributed by atoms with Crippen molar-refractivity contribution in [2.24, 2.45) is 0 Å². The summed E-state index contributed by atoms with van der Waals surface area (Å²) in [4.78, 5) is 0. The van der Waals surface area contributed by atoms with Gasteiger partial charge in [0.05, 0.1) is 6.61 Å². The van der Waals surface area contributed by atoms with Gasteiger partial charge >= 0.3 is 0 Å². The Balaban J connectivity index is 1.62. The summed E-state index contributed by atoms with van der Waals surface area (Å²) < 4.78 is 5.18. The second-order valence-electron chi connectivity index (χ2n) is 5.38. The second kappa shape index (κ2) is 6.10. The molecule has 2 aromatic rings. The molecule has 1 aliphatic carbocycles. The molecule has 0 saturated carbocycles. The number of methoxy groups -OCH3 is 1. The Hall–Kier alpha value is -1.80. The van der Waals surface area contributed by atoms with Gasteiger partial charge in [-0.2, -0.15) is 0 Å². The van der Waals surface area contributed by atoms with Gasteiger partial charge < -0.3 is 10.1 Å². The minimum atomic E-state index is 0.654. The lowest BCUT2D eigenvalue weighted by Gasteiger charge is -2.30. The van der Waals surface area contributed by atoms with E-state index in [4.69, 9.17) is 4.74 Å². The minimum absolute atomic E-state index is 0.654. The Bertz CT molecular complexity index is 579. The molecule has 1 atom stereocenters. The quantitative estimate of drug-likeness (QED) is 0.863. The molecule has 0 aromatic heterocycles. The van der Waals surface area contributed by atoms with Gasteiger partial charge in [-0.15, -0.1) is 0 Å². The van der Waals surface area contributed by atoms with Crippen molar-refractivity contribution >= 4 is 5.69 Å². The highest BCUT2D eigenvalue weighted by Crippen LogP contribution is 2.34. The summed E-state index contributed by atoms with van der Waals surface area (Å²) >= 11 is 0. The Morgan fingerprint density at radius 3 is 2.75 bits per heavy atom. The first kappa shape index (κ1) is 13.2. The van der Waals surface area contributed by atoms with Crippen molar-refractivity contribution in [1.82, 2.24) is 0 Å². The van der Waals surface area contributed by atoms with Crippen molar-refractivity contribution < 1.29 is 4.74 Å². The fraction of sp³-hybridized carbons (Fsp3) is 0.333. The molecule has 0 saturated heterocycles. The van der Waals surface area contributed by atoms with Crippen molar-refractivity contribution in [2.45, 2.75) is 18.8 Å². The first-order valence-electron chi connectivity index (χ1n) is 7.27. The van der Waals surface area contributed by atoms with Crippen LogP contribution in [0.5, 0.6) is 0 Å². The summed E-state index contributed by atoms with van der Waals surface area (Å²) in [7, 11) is 1.75. The van der Waals surface area contributed by atoms with Gasteiger partial charge in [-0.1, -0.05) is 42.5 Å². The predicted octanol–water partition coefficient (Wildman–Crippen LogP) is 3.63. The number of ether oxygens (including phenoxy) is 1. The maximum atomic E-state index is 5.18. The van der Waals surface area contributed by atoms with Crippen molar-refractivity contribution in [3.8, 4) is 0 Å². The van der Waals surface area contributed by atoms with Gasteiger partial charge in [-0.05, 0) is 35.6 Å². The molecule has 20 heavy (non-hydrogen) atoms. The fourth-order valence-electron chi connectivity index (χ4n) is 2.90. The number of hydrogen-bond donors (Lipinski definition) is 1. The van der Waals surface area contributed by atoms with E-state index in [2.05, 4.69) is 53.8 Å². The molecule has 0 radical (unpaired) electrons. The molecule has 0 fully saturated rings. The highest BCUT2D eigenvalue weighted by molar-refractivity contribution is 5.52. The van der Waals surface area contributed by atoms with Gasteiger partial charge in [0.15, 0.2) is 0 Å². The smallest absolute Gasteiger partial charge is 0.0503 e. The molecule has 0 heterocycles. The van der Waals surface area contributed by atoms with Gasteiger partial charge in [0.25, 0.3) is 0 Å². The number of rotatable bonds is 6. The van der Waals surface area contributed by atoms with Crippen LogP contribution in [0.15, 0.2) is 48.5 Å². The van der Waals surface area contributed by atoms with E-state index in [0.29, 0.717) is 5.92 Å². The van der Waals surface area contributed by atoms with E-state index >= 15 is 0 Å². The van der Waals surface area contributed by atoms with Crippen molar-refractivity contribution in [1.29, 1.82) is 0 Å². The molecule has 0 aliphatic heterocycles. The van der Waals surface area contributed by atoms with E-state index in [1.807, 2.05) is 0 Å². The largest absolute Gasteiger partial charge is 0.384 e. The summed E-state index contributed by atoms with van der Waals surface area (Å²) in [6.45, 7) is 1.78. The predicted molar refractivity (Wildman–Crippen MR) is 83.4 cm³/mol. The summed E-state index contributed by atoms with van der Waals surface area (Å²) in [5, 5.41) is 3.61. The lowest BCUT2D eigenvalue weighted by molar-refractivity contribution is 0.202. The minimum Gasteiger partial charge on any atom is -0.384 e. The molecule has 2 heteroatoms. The van der Waals surface area contributed by atoms with Crippen LogP contribution in [0, 0.1) is 0 Å². The lowest BCUT2D eigenvalue weighted by Crippen LogP contribution is -2.24. The number of hydrogen-bond acceptors (Lipinski definition) is 2. The van der Waals surface area contributed by atoms with Crippen molar-refractivity contribution in [2.75, 3.05) is 25.6 Å². The molecule has 1 unspecified atom stereocenters. The Morgan fingerprint density at radius 1 is 1.10 bits per heavy atom. The van der Waals surface area contributed by atoms with Gasteiger partial charge in [0.1, 0.15) is 0 Å². The first-order valence-corrected chi connectivity index (χ1v) is 7.27. The Morgan fingerprint density at radius 2 is 1.90 bits per heavy atom. The number of fused-ring (bicyclic) bond motifs is 1. The van der Waals surface area contributed by atoms with E-state index in [9.17, 15) is 0 Å². The molecule has 1 aliphatic rings. The molecule has 0 amide bonds. The van der Waals surface area contributed by atoms with Gasteiger partial charge in [-0.25, -0.2) is 0 Å². The molecular weight excluding hydrogens is 246 g/mol. The van der Waals surface area contributed by atoms with E-state index in [-0.39, 0.29) is 0 Å². The monoisotopic (exact) mass is 267 g/mol. The SMILES string of the molecule is COCCc1ccccc1NCC1Cc2ccccc21. The number of benzene rings is 2. The van der Waals surface area contributed by atoms with Crippen LogP contribution >= 0.6 is 0 Å². The Kier molecular flexibility index (Phi) is 4.03. The van der Waals surface area contributed by atoms with Crippen LogP contribution in [-0.2, 0) is 17.6 Å². The zero-order valence-electron chi connectivity index (χ0n) is 11.9. The average Bonchev–Trinajstić information content (AvgIpc) is 2.47. The molecular formula is C18H21NO. The van der Waals surface area contributed by atoms with Gasteiger partial charge in [0, 0.05) is 25.3 Å². The third kappa shape index (κ3) is 2.70. The van der Waals surface area contributed by atoms with Crippen LogP contribution in [0.25, 0.3) is 0 Å². The summed E-state index contributed by atoms with van der Waals surface area (Å²) in [6.07, 6.45) is 2.16. The molecule has 1 N–H and O–H groups in total. The number of anilines is 1. The lowest BCUT2D eigenvalue weighted by atomic mass is 9.77. The van der Waals surface area contributed by atoms with Crippen LogP contribution in [0.4, 0.5) is 5.69 Å². The van der Waals surface area contributed by atoms with Crippen LogP contribution in [0.1, 0.15) is 22.6 Å². The molecule has 0 bridgehead atoms. The van der Waals surface area contributed by atoms with Crippen LogP contribution in [-0.4, -0.2) is 20.3 Å². The summed E-state index contributed by atoms with van der Waals surface area (Å²) in [5.41, 5.74) is 5.59. The summed E-state index contributed by atoms with van der Waals surface area (Å²) in [6, 6.07) is 17.3. The first-order chi connectivity index (χ1) is 9.88. The standard InChI is InChI=1S/C18H21NO/c1-20-11-10-14-6-3-5-9-18(14)19-13-16-12-15-7-2-4-8-17(15)16/h2-9,16,19H,10-13H2,1H3. The van der Waals surface area contributed by atoms with Crippen LogP contribution in [0.2, 0.25) is 0 Å². The number of nitrogens with one attached hydrogen (secondary N) is 1. The molecule has 0 spiro atoms. The summed E-state index contributed by atoms with van der Waals surface area (Å²) in [5.74, 6) is 0.654. The van der Waals surface area contributed by atoms with Gasteiger partial charge in [-0.3, -0.25) is 0 Å². The topological polar surface area (TPSA) is 21.3 Å². The third-order valence-corrected chi connectivity index (χ3v) is 4.09. The molecule has 104 valence electrons. The van der Waals surface area contributed by atoms with E-state index in [1.165, 1.54) is 28.8 Å². The molecule has 3 rings (SSSR count). The zero-order chi connectivity index (χ0) is 13.8. The van der Waals surface area contributed by atoms with Crippen molar-refractivity contribution in [3.63, 3.8) is 0 Å². The van der Waals surface area contributed by atoms with E-state index in [1.54, 1.807) is 7.11 Å². The third-order valence-electron chi connectivity index (χ3n) is 4.09. The van der Waals surface area contributed by atoms with E-state index in [0.717, 1.165) is 19.6 Å². The maximum Gasteiger partial charge on any atom is 0.0503 e. The highest BCUT2D eigenvalue weighted by Gasteiger charge is 2.24. The fourth-order valence-corrected chi connectivity index (χ4v) is 2.90. The van der Waals surface area contributed by atoms with Crippen molar-refractivity contribution in [3.05, 3.63) is 65.2 Å². The van der Waals surface area contributed by atoms with Gasteiger partial charge in [0.2, 0.25) is 0 Å². The number of para-hydroxylation sites is 1. The maximum absolute atomic E-state index is 5.18. The molecule has 2 aromatic carbocycles. The average molecular weight is 267 g/mol. The van der Waals surface area contributed by atoms with Crippen LogP contribution < -0.4 is 5.32 Å². The Labute approximate surface area is 120 Å². The van der Waals surface area contributed by atoms with E-state index < -0.39 is 0 Å². The zero-order valence-corrected chi connectivity index (χ0v) is 11.9. The second-order valence-corrected chi connectivity index (χ2v) is 5.38. The highest BCUT2D eigenvalue weighted by atomic mass is 16.5. The van der Waals surface area contributed by atoms with Crippen LogP contribution in [0.3, 0.4) is 0 Å². The normalized spacial score (nSPS) is 16.4. The molecule has 2 nitrogen and oxygen atoms in total.